The molecule has 82 valence electrons. The van der Waals surface area contributed by atoms with Crippen molar-refractivity contribution in [2.45, 2.75) is 6.54 Å². The van der Waals surface area contributed by atoms with Gasteiger partial charge in [0, 0.05) is 19.5 Å². The van der Waals surface area contributed by atoms with Gasteiger partial charge in [-0.1, -0.05) is 17.7 Å². The van der Waals surface area contributed by atoms with Crippen LogP contribution in [0, 0.1) is 0 Å². The van der Waals surface area contributed by atoms with Gasteiger partial charge in [-0.2, -0.15) is 0 Å². The van der Waals surface area contributed by atoms with Gasteiger partial charge < -0.3 is 9.47 Å². The van der Waals surface area contributed by atoms with Crippen molar-refractivity contribution in [3.63, 3.8) is 0 Å². The molecule has 3 rings (SSSR count). The van der Waals surface area contributed by atoms with Crippen LogP contribution in [0.15, 0.2) is 18.2 Å². The van der Waals surface area contributed by atoms with Crippen molar-refractivity contribution in [3.8, 4) is 0 Å². The fourth-order valence-electron chi connectivity index (χ4n) is 2.40. The summed E-state index contributed by atoms with van der Waals surface area (Å²) in [7, 11) is 3.79. The average molecular weight is 235 g/mol. The average Bonchev–Trinajstić information content (AvgIpc) is 2.69. The predicted molar refractivity (Wildman–Crippen MR) is 63.7 cm³/mol. The highest BCUT2D eigenvalue weighted by atomic mass is 35.5. The topological polar surface area (TPSA) is 25.2 Å². The molecule has 0 N–H and O–H groups in total. The zero-order valence-electron chi connectivity index (χ0n) is 9.12. The first-order chi connectivity index (χ1) is 7.61. The van der Waals surface area contributed by atoms with E-state index in [0.717, 1.165) is 22.2 Å². The van der Waals surface area contributed by atoms with E-state index >= 15 is 0 Å². The second kappa shape index (κ2) is 3.01. The van der Waals surface area contributed by atoms with Crippen molar-refractivity contribution >= 4 is 28.4 Å². The Balaban J connectivity index is 2.49. The molecular formula is C12H11ClN2O. The van der Waals surface area contributed by atoms with Crippen molar-refractivity contribution in [2.24, 2.45) is 7.05 Å². The number of nitrogens with zero attached hydrogens (tertiary/aromatic N) is 2. The van der Waals surface area contributed by atoms with Crippen LogP contribution in [0.5, 0.6) is 0 Å². The summed E-state index contributed by atoms with van der Waals surface area (Å²) in [6, 6.07) is 5.73. The molecule has 3 nitrogen and oxygen atoms in total. The van der Waals surface area contributed by atoms with Gasteiger partial charge in [0.15, 0.2) is 0 Å². The standard InChI is InChI=1S/C12H11ClN2O/c1-14-6-9-11(12(14)16)10-7(13)4-3-5-8(10)15(9)2/h3-5H,6H2,1-2H3. The van der Waals surface area contributed by atoms with Crippen LogP contribution in [0.2, 0.25) is 5.02 Å². The third-order valence-corrected chi connectivity index (χ3v) is 3.56. The minimum Gasteiger partial charge on any atom is -0.345 e. The van der Waals surface area contributed by atoms with Gasteiger partial charge in [0.1, 0.15) is 0 Å². The Morgan fingerprint density at radius 1 is 1.31 bits per heavy atom. The predicted octanol–water partition coefficient (Wildman–Crippen LogP) is 2.42. The molecule has 1 amide bonds. The normalized spacial score (nSPS) is 14.9. The molecule has 0 saturated heterocycles. The monoisotopic (exact) mass is 234 g/mol. The van der Waals surface area contributed by atoms with Gasteiger partial charge in [0.25, 0.3) is 5.91 Å². The SMILES string of the molecule is CN1Cc2c(c3c(Cl)cccc3n2C)C1=O. The maximum atomic E-state index is 12.0. The number of carbonyl (C=O) groups excluding carboxylic acids is 1. The number of rotatable bonds is 0. The third-order valence-electron chi connectivity index (χ3n) is 3.24. The Morgan fingerprint density at radius 3 is 2.81 bits per heavy atom. The van der Waals surface area contributed by atoms with Crippen LogP contribution in [0.3, 0.4) is 0 Å². The molecule has 0 radical (unpaired) electrons. The highest BCUT2D eigenvalue weighted by Gasteiger charge is 2.31. The first-order valence-corrected chi connectivity index (χ1v) is 5.50. The van der Waals surface area contributed by atoms with Crippen LogP contribution in [0.4, 0.5) is 0 Å². The van der Waals surface area contributed by atoms with Gasteiger partial charge in [-0.15, -0.1) is 0 Å². The second-order valence-electron chi connectivity index (χ2n) is 4.18. The van der Waals surface area contributed by atoms with E-state index in [1.54, 1.807) is 4.90 Å². The zero-order chi connectivity index (χ0) is 11.4. The maximum Gasteiger partial charge on any atom is 0.256 e. The number of halogens is 1. The number of fused-ring (bicyclic) bond motifs is 3. The summed E-state index contributed by atoms with van der Waals surface area (Å²) in [4.78, 5) is 13.7. The minimum absolute atomic E-state index is 0.0636. The van der Waals surface area contributed by atoms with Gasteiger partial charge in [-0.3, -0.25) is 4.79 Å². The smallest absolute Gasteiger partial charge is 0.256 e. The molecule has 2 aromatic rings. The lowest BCUT2D eigenvalue weighted by molar-refractivity contribution is 0.0817. The van der Waals surface area contributed by atoms with Crippen LogP contribution in [-0.2, 0) is 13.6 Å². The molecule has 0 fully saturated rings. The fraction of sp³-hybridized carbons (Fsp3) is 0.250. The number of hydrogen-bond acceptors (Lipinski definition) is 1. The molecular weight excluding hydrogens is 224 g/mol. The number of hydrogen-bond donors (Lipinski definition) is 0. The Labute approximate surface area is 98.2 Å². The van der Waals surface area contributed by atoms with E-state index in [1.165, 1.54) is 0 Å². The van der Waals surface area contributed by atoms with E-state index < -0.39 is 0 Å². The first-order valence-electron chi connectivity index (χ1n) is 5.12. The van der Waals surface area contributed by atoms with E-state index in [-0.39, 0.29) is 5.91 Å². The van der Waals surface area contributed by atoms with Gasteiger partial charge in [-0.25, -0.2) is 0 Å². The molecule has 0 aliphatic carbocycles. The number of aromatic nitrogens is 1. The molecule has 1 aliphatic rings. The summed E-state index contributed by atoms with van der Waals surface area (Å²) in [5.41, 5.74) is 2.85. The van der Waals surface area contributed by atoms with Crippen LogP contribution in [0.25, 0.3) is 10.9 Å². The van der Waals surface area contributed by atoms with E-state index in [1.807, 2.05) is 32.3 Å². The van der Waals surface area contributed by atoms with E-state index in [0.29, 0.717) is 11.6 Å². The van der Waals surface area contributed by atoms with E-state index in [2.05, 4.69) is 4.57 Å². The molecule has 0 spiro atoms. The minimum atomic E-state index is 0.0636. The molecule has 0 bridgehead atoms. The van der Waals surface area contributed by atoms with Crippen LogP contribution in [-0.4, -0.2) is 22.4 Å². The van der Waals surface area contributed by atoms with Gasteiger partial charge >= 0.3 is 0 Å². The summed E-state index contributed by atoms with van der Waals surface area (Å²) in [5.74, 6) is 0.0636. The highest BCUT2D eigenvalue weighted by Crippen LogP contribution is 2.35. The van der Waals surface area contributed by atoms with Crippen LogP contribution < -0.4 is 0 Å². The summed E-state index contributed by atoms with van der Waals surface area (Å²) in [6.45, 7) is 0.662. The third kappa shape index (κ3) is 1.01. The lowest BCUT2D eigenvalue weighted by Crippen LogP contribution is -2.18. The Morgan fingerprint density at radius 2 is 2.06 bits per heavy atom. The first kappa shape index (κ1) is 9.73. The molecule has 1 aromatic carbocycles. The Hall–Kier alpha value is -1.48. The van der Waals surface area contributed by atoms with E-state index in [4.69, 9.17) is 11.6 Å². The number of benzene rings is 1. The maximum absolute atomic E-state index is 12.0. The van der Waals surface area contributed by atoms with Gasteiger partial charge in [-0.05, 0) is 12.1 Å². The van der Waals surface area contributed by atoms with Crippen LogP contribution >= 0.6 is 11.6 Å². The van der Waals surface area contributed by atoms with Crippen molar-refractivity contribution in [3.05, 3.63) is 34.5 Å². The Kier molecular flexibility index (Phi) is 1.83. The summed E-state index contributed by atoms with van der Waals surface area (Å²) in [5, 5.41) is 1.54. The lowest BCUT2D eigenvalue weighted by atomic mass is 10.1. The number of amides is 1. The summed E-state index contributed by atoms with van der Waals surface area (Å²) in [6.07, 6.45) is 0. The van der Waals surface area contributed by atoms with Crippen molar-refractivity contribution < 1.29 is 4.79 Å². The summed E-state index contributed by atoms with van der Waals surface area (Å²) >= 11 is 6.18. The largest absolute Gasteiger partial charge is 0.345 e. The fourth-order valence-corrected chi connectivity index (χ4v) is 2.66. The number of aryl methyl sites for hydroxylation is 1. The molecule has 4 heteroatoms. The lowest BCUT2D eigenvalue weighted by Gasteiger charge is -2.09. The molecule has 0 unspecified atom stereocenters. The zero-order valence-corrected chi connectivity index (χ0v) is 9.88. The number of carbonyl (C=O) groups is 1. The van der Waals surface area contributed by atoms with Crippen molar-refractivity contribution in [2.75, 3.05) is 7.05 Å². The van der Waals surface area contributed by atoms with E-state index in [9.17, 15) is 4.79 Å². The molecule has 1 aliphatic heterocycles. The molecule has 0 atom stereocenters. The summed E-state index contributed by atoms with van der Waals surface area (Å²) < 4.78 is 2.05. The second-order valence-corrected chi connectivity index (χ2v) is 4.58. The molecule has 16 heavy (non-hydrogen) atoms. The van der Waals surface area contributed by atoms with Gasteiger partial charge in [0.2, 0.25) is 0 Å². The van der Waals surface area contributed by atoms with Crippen molar-refractivity contribution in [1.82, 2.24) is 9.47 Å². The molecule has 0 saturated carbocycles. The quantitative estimate of drug-likeness (QED) is 0.687. The molecule has 1 aromatic heterocycles. The van der Waals surface area contributed by atoms with Crippen molar-refractivity contribution in [1.29, 1.82) is 0 Å². The van der Waals surface area contributed by atoms with Crippen LogP contribution in [0.1, 0.15) is 16.1 Å². The molecule has 2 heterocycles. The van der Waals surface area contributed by atoms with Gasteiger partial charge in [0.05, 0.1) is 28.3 Å². The Bertz CT molecular complexity index is 615. The highest BCUT2D eigenvalue weighted by molar-refractivity contribution is 6.37.